The Morgan fingerprint density at radius 2 is 1.81 bits per heavy atom. The molecule has 32 heavy (non-hydrogen) atoms. The lowest BCUT2D eigenvalue weighted by Gasteiger charge is -2.32. The van der Waals surface area contributed by atoms with Gasteiger partial charge in [-0.15, -0.1) is 6.58 Å². The van der Waals surface area contributed by atoms with Crippen molar-refractivity contribution in [1.82, 2.24) is 10.4 Å². The predicted molar refractivity (Wildman–Crippen MR) is 124 cm³/mol. The monoisotopic (exact) mass is 446 g/mol. The number of hydrogen-bond donors (Lipinski definition) is 2. The van der Waals surface area contributed by atoms with Crippen molar-refractivity contribution in [2.75, 3.05) is 0 Å². The van der Waals surface area contributed by atoms with Crippen molar-refractivity contribution in [2.45, 2.75) is 78.4 Å². The second-order valence-corrected chi connectivity index (χ2v) is 8.56. The highest BCUT2D eigenvalue weighted by atomic mass is 16.5. The fourth-order valence-electron chi connectivity index (χ4n) is 3.74. The van der Waals surface area contributed by atoms with Crippen molar-refractivity contribution >= 4 is 17.9 Å². The van der Waals surface area contributed by atoms with E-state index in [-0.39, 0.29) is 18.4 Å². The molecule has 2 N–H and O–H groups in total. The van der Waals surface area contributed by atoms with E-state index >= 15 is 0 Å². The molecule has 1 aromatic carbocycles. The van der Waals surface area contributed by atoms with Gasteiger partial charge in [0, 0.05) is 12.3 Å². The van der Waals surface area contributed by atoms with E-state index in [1.807, 2.05) is 51.1 Å². The Kier molecular flexibility index (Phi) is 12.3. The summed E-state index contributed by atoms with van der Waals surface area (Å²) in [7, 11) is 0. The summed E-state index contributed by atoms with van der Waals surface area (Å²) in [5, 5.41) is 9.39. The zero-order valence-electron chi connectivity index (χ0n) is 19.8. The number of ether oxygens (including phenoxy) is 1. The van der Waals surface area contributed by atoms with Gasteiger partial charge in [0.05, 0.1) is 6.10 Å². The zero-order valence-corrected chi connectivity index (χ0v) is 19.8. The van der Waals surface area contributed by atoms with Crippen LogP contribution in [0.25, 0.3) is 0 Å². The standard InChI is InChI=1S/C25H38N2O5/c1-6-8-15-21(16-18(3)4)23(28)27(25(30)26-31)22(17-20-13-10-9-11-14-20)24(29)32-19(5)12-7-2/h6,9-11,13-14,18-19,21-22,31H,1,7-8,12,15-17H2,2-5H3,(H,26,30)/t19?,21?,22-/m0/s1. The Balaban J connectivity index is 3.35. The summed E-state index contributed by atoms with van der Waals surface area (Å²) >= 11 is 0. The molecular formula is C25H38N2O5. The van der Waals surface area contributed by atoms with Crippen LogP contribution in [0.1, 0.15) is 65.4 Å². The number of hydrogen-bond acceptors (Lipinski definition) is 5. The summed E-state index contributed by atoms with van der Waals surface area (Å²) in [5.74, 6) is -1.46. The SMILES string of the molecule is C=CCCC(CC(C)C)C(=O)N(C(=O)NO)[C@@H](Cc1ccccc1)C(=O)OC(C)CCC. The first-order chi connectivity index (χ1) is 15.2. The third-order valence-corrected chi connectivity index (χ3v) is 5.24. The Morgan fingerprint density at radius 1 is 1.16 bits per heavy atom. The molecule has 3 atom stereocenters. The van der Waals surface area contributed by atoms with Gasteiger partial charge in [-0.25, -0.2) is 20.0 Å². The lowest BCUT2D eigenvalue weighted by atomic mass is 9.90. The molecule has 7 nitrogen and oxygen atoms in total. The molecule has 3 amide bonds. The molecular weight excluding hydrogens is 408 g/mol. The molecule has 0 aromatic heterocycles. The van der Waals surface area contributed by atoms with Crippen LogP contribution >= 0.6 is 0 Å². The molecule has 0 aliphatic rings. The number of carbonyl (C=O) groups is 3. The summed E-state index contributed by atoms with van der Waals surface area (Å²) in [6.07, 6.45) is 4.59. The first-order valence-corrected chi connectivity index (χ1v) is 11.4. The number of urea groups is 1. The third kappa shape index (κ3) is 8.83. The number of nitrogens with one attached hydrogen (secondary N) is 1. The van der Waals surface area contributed by atoms with Gasteiger partial charge in [0.2, 0.25) is 5.91 Å². The van der Waals surface area contributed by atoms with Crippen molar-refractivity contribution in [3.8, 4) is 0 Å². The smallest absolute Gasteiger partial charge is 0.348 e. The van der Waals surface area contributed by atoms with Gasteiger partial charge in [0.1, 0.15) is 6.04 Å². The highest BCUT2D eigenvalue weighted by Gasteiger charge is 2.39. The van der Waals surface area contributed by atoms with Gasteiger partial charge in [-0.3, -0.25) is 10.0 Å². The Bertz CT molecular complexity index is 735. The van der Waals surface area contributed by atoms with Crippen LogP contribution < -0.4 is 5.48 Å². The fraction of sp³-hybridized carbons (Fsp3) is 0.560. The van der Waals surface area contributed by atoms with Gasteiger partial charge in [-0.1, -0.05) is 63.6 Å². The normalized spacial score (nSPS) is 13.7. The molecule has 0 heterocycles. The Hall–Kier alpha value is -2.67. The predicted octanol–water partition coefficient (Wildman–Crippen LogP) is 4.89. The quantitative estimate of drug-likeness (QED) is 0.195. The second-order valence-electron chi connectivity index (χ2n) is 8.56. The average molecular weight is 447 g/mol. The van der Waals surface area contributed by atoms with E-state index in [1.165, 1.54) is 0 Å². The largest absolute Gasteiger partial charge is 0.461 e. The molecule has 0 fully saturated rings. The molecule has 0 aliphatic heterocycles. The van der Waals surface area contributed by atoms with Crippen LogP contribution in [0.3, 0.4) is 0 Å². The van der Waals surface area contributed by atoms with Crippen molar-refractivity contribution in [3.63, 3.8) is 0 Å². The molecule has 0 saturated heterocycles. The lowest BCUT2D eigenvalue weighted by molar-refractivity contribution is -0.158. The van der Waals surface area contributed by atoms with Crippen LogP contribution in [0.15, 0.2) is 43.0 Å². The fourth-order valence-corrected chi connectivity index (χ4v) is 3.74. The van der Waals surface area contributed by atoms with Gasteiger partial charge in [0.25, 0.3) is 0 Å². The maximum atomic E-state index is 13.5. The van der Waals surface area contributed by atoms with E-state index in [1.54, 1.807) is 18.5 Å². The maximum Gasteiger partial charge on any atom is 0.348 e. The van der Waals surface area contributed by atoms with Crippen LogP contribution in [0.4, 0.5) is 4.79 Å². The molecule has 0 saturated carbocycles. The number of carbonyl (C=O) groups excluding carboxylic acids is 3. The lowest BCUT2D eigenvalue weighted by Crippen LogP contribution is -2.55. The highest BCUT2D eigenvalue weighted by Crippen LogP contribution is 2.24. The van der Waals surface area contributed by atoms with Crippen molar-refractivity contribution < 1.29 is 24.3 Å². The number of esters is 1. The van der Waals surface area contributed by atoms with Gasteiger partial charge >= 0.3 is 12.0 Å². The Morgan fingerprint density at radius 3 is 2.34 bits per heavy atom. The molecule has 0 aliphatic carbocycles. The summed E-state index contributed by atoms with van der Waals surface area (Å²) in [6, 6.07) is 6.88. The average Bonchev–Trinajstić information content (AvgIpc) is 2.76. The van der Waals surface area contributed by atoms with Crippen LogP contribution in [0.2, 0.25) is 0 Å². The van der Waals surface area contributed by atoms with E-state index in [9.17, 15) is 19.6 Å². The van der Waals surface area contributed by atoms with Gasteiger partial charge in [-0.05, 0) is 44.1 Å². The highest BCUT2D eigenvalue weighted by molar-refractivity contribution is 5.99. The minimum absolute atomic E-state index is 0.0908. The molecule has 1 rings (SSSR count). The molecule has 0 bridgehead atoms. The van der Waals surface area contributed by atoms with E-state index in [2.05, 4.69) is 6.58 Å². The number of benzene rings is 1. The summed E-state index contributed by atoms with van der Waals surface area (Å²) in [4.78, 5) is 40.2. The van der Waals surface area contributed by atoms with Crippen LogP contribution in [-0.4, -0.2) is 40.2 Å². The third-order valence-electron chi connectivity index (χ3n) is 5.24. The van der Waals surface area contributed by atoms with E-state index < -0.39 is 29.9 Å². The topological polar surface area (TPSA) is 95.9 Å². The van der Waals surface area contributed by atoms with Crippen LogP contribution in [0, 0.1) is 11.8 Å². The summed E-state index contributed by atoms with van der Waals surface area (Å²) in [6.45, 7) is 11.5. The minimum atomic E-state index is -1.20. The maximum absolute atomic E-state index is 13.5. The Labute approximate surface area is 191 Å². The van der Waals surface area contributed by atoms with Gasteiger partial charge < -0.3 is 4.74 Å². The van der Waals surface area contributed by atoms with Gasteiger partial charge in [-0.2, -0.15) is 0 Å². The van der Waals surface area contributed by atoms with E-state index in [4.69, 9.17) is 4.74 Å². The van der Waals surface area contributed by atoms with Crippen molar-refractivity contribution in [2.24, 2.45) is 11.8 Å². The first-order valence-electron chi connectivity index (χ1n) is 11.4. The number of allylic oxidation sites excluding steroid dienone is 1. The van der Waals surface area contributed by atoms with Crippen LogP contribution in [0.5, 0.6) is 0 Å². The van der Waals surface area contributed by atoms with E-state index in [0.717, 1.165) is 16.9 Å². The van der Waals surface area contributed by atoms with E-state index in [0.29, 0.717) is 25.7 Å². The number of amides is 3. The number of imide groups is 1. The minimum Gasteiger partial charge on any atom is -0.461 e. The van der Waals surface area contributed by atoms with Gasteiger partial charge in [0.15, 0.2) is 0 Å². The molecule has 7 heteroatoms. The number of nitrogens with zero attached hydrogens (tertiary/aromatic N) is 1. The van der Waals surface area contributed by atoms with Crippen LogP contribution in [-0.2, 0) is 20.7 Å². The molecule has 1 aromatic rings. The van der Waals surface area contributed by atoms with Crippen molar-refractivity contribution in [3.05, 3.63) is 48.6 Å². The summed E-state index contributed by atoms with van der Waals surface area (Å²) < 4.78 is 5.58. The molecule has 178 valence electrons. The first kappa shape index (κ1) is 27.4. The number of rotatable bonds is 13. The molecule has 2 unspecified atom stereocenters. The van der Waals surface area contributed by atoms with Crippen molar-refractivity contribution in [1.29, 1.82) is 0 Å². The second kappa shape index (κ2) is 14.4. The summed E-state index contributed by atoms with van der Waals surface area (Å²) in [5.41, 5.74) is 2.32. The molecule has 0 spiro atoms. The molecule has 0 radical (unpaired) electrons. The zero-order chi connectivity index (χ0) is 24.1. The number of hydroxylamine groups is 1.